The average Bonchev–Trinajstić information content (AvgIpc) is 3.04. The van der Waals surface area contributed by atoms with Gasteiger partial charge in [0, 0.05) is 17.7 Å². The van der Waals surface area contributed by atoms with E-state index in [1.165, 1.54) is 11.1 Å². The summed E-state index contributed by atoms with van der Waals surface area (Å²) in [4.78, 5) is 7.98. The molecule has 0 saturated heterocycles. The highest BCUT2D eigenvalue weighted by Crippen LogP contribution is 2.36. The molecule has 1 N–H and O–H groups in total. The fraction of sp³-hybridized carbons (Fsp3) is 0.188. The van der Waals surface area contributed by atoms with Crippen molar-refractivity contribution in [2.45, 2.75) is 13.8 Å². The zero-order valence-corrected chi connectivity index (χ0v) is 11.4. The predicted octanol–water partition coefficient (Wildman–Crippen LogP) is 3.58. The molecule has 0 saturated carbocycles. The molecular weight excluding hydrogens is 252 g/mol. The van der Waals surface area contributed by atoms with Gasteiger partial charge >= 0.3 is 0 Å². The Morgan fingerprint density at radius 2 is 1.80 bits per heavy atom. The molecule has 2 aromatic carbocycles. The van der Waals surface area contributed by atoms with E-state index in [2.05, 4.69) is 42.0 Å². The van der Waals surface area contributed by atoms with Gasteiger partial charge in [0.1, 0.15) is 5.82 Å². The Balaban J connectivity index is 1.86. The number of benzene rings is 2. The van der Waals surface area contributed by atoms with E-state index in [1.54, 1.807) is 0 Å². The van der Waals surface area contributed by atoms with E-state index < -0.39 is 0 Å². The summed E-state index contributed by atoms with van der Waals surface area (Å²) in [6, 6.07) is 10.2. The van der Waals surface area contributed by atoms with Gasteiger partial charge in [-0.2, -0.15) is 0 Å². The molecule has 0 aliphatic carbocycles. The van der Waals surface area contributed by atoms with Crippen molar-refractivity contribution in [1.29, 1.82) is 0 Å². The van der Waals surface area contributed by atoms with Crippen molar-refractivity contribution >= 4 is 11.0 Å². The second-order valence-corrected chi connectivity index (χ2v) is 5.11. The number of imidazole rings is 1. The zero-order valence-electron chi connectivity index (χ0n) is 11.4. The van der Waals surface area contributed by atoms with Crippen LogP contribution in [0.3, 0.4) is 0 Å². The van der Waals surface area contributed by atoms with Crippen molar-refractivity contribution < 1.29 is 9.47 Å². The van der Waals surface area contributed by atoms with Gasteiger partial charge in [-0.1, -0.05) is 12.1 Å². The van der Waals surface area contributed by atoms with Crippen LogP contribution in [-0.4, -0.2) is 16.8 Å². The minimum Gasteiger partial charge on any atom is -0.454 e. The third-order valence-electron chi connectivity index (χ3n) is 3.76. The van der Waals surface area contributed by atoms with Crippen LogP contribution in [0.25, 0.3) is 22.4 Å². The van der Waals surface area contributed by atoms with Gasteiger partial charge in [0.05, 0.1) is 11.0 Å². The van der Waals surface area contributed by atoms with Gasteiger partial charge < -0.3 is 14.5 Å². The Morgan fingerprint density at radius 3 is 2.60 bits per heavy atom. The Morgan fingerprint density at radius 1 is 1.00 bits per heavy atom. The first-order valence-corrected chi connectivity index (χ1v) is 6.58. The molecule has 0 spiro atoms. The molecule has 0 unspecified atom stereocenters. The molecule has 4 heteroatoms. The number of aromatic amines is 1. The number of fused-ring (bicyclic) bond motifs is 2. The lowest BCUT2D eigenvalue weighted by atomic mass is 10.1. The lowest BCUT2D eigenvalue weighted by Crippen LogP contribution is -1.92. The molecule has 20 heavy (non-hydrogen) atoms. The monoisotopic (exact) mass is 266 g/mol. The van der Waals surface area contributed by atoms with Crippen molar-refractivity contribution in [2.75, 3.05) is 6.79 Å². The molecule has 3 aromatic rings. The highest BCUT2D eigenvalue weighted by Gasteiger charge is 2.16. The highest BCUT2D eigenvalue weighted by atomic mass is 16.7. The van der Waals surface area contributed by atoms with E-state index >= 15 is 0 Å². The molecule has 0 bridgehead atoms. The first-order chi connectivity index (χ1) is 9.70. The number of hydrogen-bond donors (Lipinski definition) is 1. The Bertz CT molecular complexity index is 780. The summed E-state index contributed by atoms with van der Waals surface area (Å²) in [5.74, 6) is 2.40. The summed E-state index contributed by atoms with van der Waals surface area (Å²) in [5.41, 5.74) is 5.49. The number of aryl methyl sites for hydroxylation is 2. The predicted molar refractivity (Wildman–Crippen MR) is 77.1 cm³/mol. The Hall–Kier alpha value is -2.49. The molecule has 0 fully saturated rings. The van der Waals surface area contributed by atoms with Crippen molar-refractivity contribution in [3.05, 3.63) is 41.5 Å². The molecule has 4 rings (SSSR count). The van der Waals surface area contributed by atoms with Gasteiger partial charge in [0.2, 0.25) is 6.79 Å². The number of ether oxygens (including phenoxy) is 2. The fourth-order valence-electron chi connectivity index (χ4n) is 2.43. The number of nitrogens with one attached hydrogen (secondary N) is 1. The van der Waals surface area contributed by atoms with Crippen molar-refractivity contribution in [1.82, 2.24) is 9.97 Å². The minimum absolute atomic E-state index is 0.284. The van der Waals surface area contributed by atoms with Crippen LogP contribution in [0.4, 0.5) is 0 Å². The molecule has 4 nitrogen and oxygen atoms in total. The van der Waals surface area contributed by atoms with E-state index in [-0.39, 0.29) is 6.79 Å². The van der Waals surface area contributed by atoms with Crippen molar-refractivity contribution in [3.63, 3.8) is 0 Å². The maximum atomic E-state index is 5.39. The van der Waals surface area contributed by atoms with Gasteiger partial charge in [-0.05, 0) is 31.0 Å². The average molecular weight is 266 g/mol. The third-order valence-corrected chi connectivity index (χ3v) is 3.76. The topological polar surface area (TPSA) is 47.1 Å². The van der Waals surface area contributed by atoms with E-state index in [1.807, 2.05) is 12.1 Å². The van der Waals surface area contributed by atoms with Crippen LogP contribution in [0.2, 0.25) is 0 Å². The smallest absolute Gasteiger partial charge is 0.231 e. The summed E-state index contributed by atoms with van der Waals surface area (Å²) in [6.45, 7) is 4.50. The van der Waals surface area contributed by atoms with E-state index in [0.717, 1.165) is 33.9 Å². The first-order valence-electron chi connectivity index (χ1n) is 6.58. The summed E-state index contributed by atoms with van der Waals surface area (Å²) in [6.07, 6.45) is 0. The van der Waals surface area contributed by atoms with E-state index in [9.17, 15) is 0 Å². The van der Waals surface area contributed by atoms with Crippen LogP contribution in [0.5, 0.6) is 11.5 Å². The molecular formula is C16H14N2O2. The van der Waals surface area contributed by atoms with Crippen LogP contribution in [0.15, 0.2) is 30.3 Å². The normalized spacial score (nSPS) is 13.1. The van der Waals surface area contributed by atoms with Gasteiger partial charge in [0.25, 0.3) is 0 Å². The third kappa shape index (κ3) is 1.65. The lowest BCUT2D eigenvalue weighted by molar-refractivity contribution is 0.174. The highest BCUT2D eigenvalue weighted by molar-refractivity contribution is 5.83. The summed E-state index contributed by atoms with van der Waals surface area (Å²) in [7, 11) is 0. The molecule has 2 heterocycles. The number of nitrogens with zero attached hydrogens (tertiary/aromatic N) is 1. The van der Waals surface area contributed by atoms with Gasteiger partial charge in [-0.25, -0.2) is 4.98 Å². The number of rotatable bonds is 1. The molecule has 0 radical (unpaired) electrons. The minimum atomic E-state index is 0.284. The Kier molecular flexibility index (Phi) is 2.27. The summed E-state index contributed by atoms with van der Waals surface area (Å²) < 4.78 is 10.8. The Labute approximate surface area is 116 Å². The number of aromatic nitrogens is 2. The van der Waals surface area contributed by atoms with Gasteiger partial charge in [0.15, 0.2) is 11.5 Å². The summed E-state index contributed by atoms with van der Waals surface area (Å²) >= 11 is 0. The zero-order chi connectivity index (χ0) is 13.7. The number of H-pyrrole nitrogens is 1. The second-order valence-electron chi connectivity index (χ2n) is 5.11. The second kappa shape index (κ2) is 4.00. The summed E-state index contributed by atoms with van der Waals surface area (Å²) in [5, 5.41) is 0. The van der Waals surface area contributed by atoms with Gasteiger partial charge in [-0.3, -0.25) is 0 Å². The quantitative estimate of drug-likeness (QED) is 0.732. The van der Waals surface area contributed by atoms with Crippen LogP contribution in [-0.2, 0) is 0 Å². The van der Waals surface area contributed by atoms with E-state index in [4.69, 9.17) is 9.47 Å². The van der Waals surface area contributed by atoms with Crippen LogP contribution < -0.4 is 9.47 Å². The van der Waals surface area contributed by atoms with Crippen LogP contribution in [0, 0.1) is 13.8 Å². The number of hydrogen-bond acceptors (Lipinski definition) is 3. The molecule has 1 aromatic heterocycles. The molecule has 0 atom stereocenters. The maximum Gasteiger partial charge on any atom is 0.231 e. The maximum absolute atomic E-state index is 5.39. The molecule has 1 aliphatic rings. The van der Waals surface area contributed by atoms with Crippen LogP contribution >= 0.6 is 0 Å². The SMILES string of the molecule is Cc1ccc(-c2nc3cc4c(cc3[nH]2)OCO4)cc1C. The molecule has 0 amide bonds. The largest absolute Gasteiger partial charge is 0.454 e. The lowest BCUT2D eigenvalue weighted by Gasteiger charge is -2.02. The van der Waals surface area contributed by atoms with Crippen molar-refractivity contribution in [3.8, 4) is 22.9 Å². The standard InChI is InChI=1S/C16H14N2O2/c1-9-3-4-11(5-10(9)2)16-17-12-6-14-15(20-8-19-14)7-13(12)18-16/h3-7H,8H2,1-2H3,(H,17,18). The molecule has 1 aliphatic heterocycles. The van der Waals surface area contributed by atoms with Gasteiger partial charge in [-0.15, -0.1) is 0 Å². The van der Waals surface area contributed by atoms with E-state index in [0.29, 0.717) is 0 Å². The molecule has 100 valence electrons. The fourth-order valence-corrected chi connectivity index (χ4v) is 2.43. The van der Waals surface area contributed by atoms with Crippen LogP contribution in [0.1, 0.15) is 11.1 Å². The first kappa shape index (κ1) is 11.3. The van der Waals surface area contributed by atoms with Crippen molar-refractivity contribution in [2.24, 2.45) is 0 Å².